The molecule has 0 bridgehead atoms. The molecule has 0 aliphatic heterocycles. The molecular formula is C7H10NNaO4S. The van der Waals surface area contributed by atoms with E-state index in [9.17, 15) is 8.42 Å². The van der Waals surface area contributed by atoms with Crippen LogP contribution in [0.3, 0.4) is 0 Å². The van der Waals surface area contributed by atoms with Crippen LogP contribution in [-0.4, -0.2) is 49.3 Å². The van der Waals surface area contributed by atoms with Gasteiger partial charge in [0.1, 0.15) is 11.7 Å². The van der Waals surface area contributed by atoms with E-state index in [4.69, 9.17) is 15.1 Å². The molecule has 5 nitrogen and oxygen atoms in total. The summed E-state index contributed by atoms with van der Waals surface area (Å²) < 4.78 is 29.6. The number of nitrogens with two attached hydrogens (primary N) is 1. The third kappa shape index (κ3) is 4.73. The fourth-order valence-corrected chi connectivity index (χ4v) is 1.33. The molecule has 0 aromatic heterocycles. The molecule has 0 amide bonds. The van der Waals surface area contributed by atoms with Gasteiger partial charge in [-0.2, -0.15) is 8.42 Å². The normalized spacial score (nSPS) is 9.21. The molecule has 0 fully saturated rings. The number of benzene rings is 1. The van der Waals surface area contributed by atoms with Gasteiger partial charge in [-0.05, 0) is 12.1 Å². The minimum absolute atomic E-state index is 0. The molecule has 0 saturated carbocycles. The molecule has 0 atom stereocenters. The Morgan fingerprint density at radius 1 is 1.21 bits per heavy atom. The first-order chi connectivity index (χ1) is 6.02. The van der Waals surface area contributed by atoms with E-state index < -0.39 is 10.1 Å². The Balaban J connectivity index is 0. The van der Waals surface area contributed by atoms with Crippen molar-refractivity contribution in [1.29, 1.82) is 0 Å². The van der Waals surface area contributed by atoms with Crippen molar-refractivity contribution < 1.29 is 17.8 Å². The zero-order chi connectivity index (χ0) is 10.5. The first-order valence-electron chi connectivity index (χ1n) is 3.12. The Bertz CT molecular complexity index is 379. The summed E-state index contributed by atoms with van der Waals surface area (Å²) in [4.78, 5) is 7.75. The standard InChI is InChI=1S/C6H7NO3S.CH2O.Na.H/c7-5-3-1-2-4-6(5)11(8,9)10;1-2;;/h1-4H,7H2,(H,8,9,10);1H2;;. The summed E-state index contributed by atoms with van der Waals surface area (Å²) in [5.74, 6) is 0. The van der Waals surface area contributed by atoms with Crippen molar-refractivity contribution >= 4 is 52.2 Å². The zero-order valence-corrected chi connectivity index (χ0v) is 7.49. The van der Waals surface area contributed by atoms with E-state index in [-0.39, 0.29) is 40.1 Å². The van der Waals surface area contributed by atoms with Gasteiger partial charge in [-0.25, -0.2) is 0 Å². The van der Waals surface area contributed by atoms with E-state index in [1.807, 2.05) is 6.79 Å². The number of carbonyl (C=O) groups is 1. The molecule has 0 aliphatic carbocycles. The van der Waals surface area contributed by atoms with Crippen LogP contribution in [0.2, 0.25) is 0 Å². The Morgan fingerprint density at radius 2 is 1.64 bits per heavy atom. The van der Waals surface area contributed by atoms with Crippen molar-refractivity contribution in [1.82, 2.24) is 0 Å². The molecule has 0 spiro atoms. The van der Waals surface area contributed by atoms with E-state index in [0.29, 0.717) is 0 Å². The van der Waals surface area contributed by atoms with E-state index in [1.165, 1.54) is 18.2 Å². The van der Waals surface area contributed by atoms with Crippen molar-refractivity contribution in [3.05, 3.63) is 24.3 Å². The van der Waals surface area contributed by atoms with Crippen molar-refractivity contribution in [3.63, 3.8) is 0 Å². The molecule has 7 heteroatoms. The summed E-state index contributed by atoms with van der Waals surface area (Å²) in [6.45, 7) is 2.00. The average Bonchev–Trinajstić information content (AvgIpc) is 2.07. The zero-order valence-electron chi connectivity index (χ0n) is 6.67. The number of nitrogen functional groups attached to an aromatic ring is 1. The van der Waals surface area contributed by atoms with Crippen molar-refractivity contribution in [3.8, 4) is 0 Å². The van der Waals surface area contributed by atoms with Crippen molar-refractivity contribution in [2.75, 3.05) is 5.73 Å². The number of hydrogen-bond donors (Lipinski definition) is 2. The van der Waals surface area contributed by atoms with Crippen LogP contribution in [0.1, 0.15) is 0 Å². The van der Waals surface area contributed by atoms with Gasteiger partial charge in [0.05, 0.1) is 5.69 Å². The molecular weight excluding hydrogens is 217 g/mol. The van der Waals surface area contributed by atoms with Gasteiger partial charge in [-0.3, -0.25) is 4.55 Å². The summed E-state index contributed by atoms with van der Waals surface area (Å²) >= 11 is 0. The van der Waals surface area contributed by atoms with Crippen LogP contribution in [-0.2, 0) is 14.9 Å². The third-order valence-corrected chi connectivity index (χ3v) is 2.12. The summed E-state index contributed by atoms with van der Waals surface area (Å²) in [7, 11) is -4.16. The first-order valence-corrected chi connectivity index (χ1v) is 4.56. The van der Waals surface area contributed by atoms with Crippen molar-refractivity contribution in [2.24, 2.45) is 0 Å². The Kier molecular flexibility index (Phi) is 7.98. The monoisotopic (exact) mass is 227 g/mol. The summed E-state index contributed by atoms with van der Waals surface area (Å²) in [6.07, 6.45) is 0. The molecule has 0 unspecified atom stereocenters. The molecule has 0 radical (unpaired) electrons. The molecule has 0 saturated heterocycles. The van der Waals surface area contributed by atoms with Gasteiger partial charge < -0.3 is 10.5 Å². The molecule has 1 aromatic carbocycles. The van der Waals surface area contributed by atoms with Crippen LogP contribution in [0.15, 0.2) is 29.2 Å². The number of carbonyl (C=O) groups excluding carboxylic acids is 1. The van der Waals surface area contributed by atoms with Crippen LogP contribution in [0.5, 0.6) is 0 Å². The quantitative estimate of drug-likeness (QED) is 0.389. The van der Waals surface area contributed by atoms with E-state index in [0.717, 1.165) is 0 Å². The predicted molar refractivity (Wildman–Crippen MR) is 54.9 cm³/mol. The van der Waals surface area contributed by atoms with Crippen LogP contribution in [0, 0.1) is 0 Å². The Morgan fingerprint density at radius 3 is 1.93 bits per heavy atom. The van der Waals surface area contributed by atoms with Crippen LogP contribution in [0.4, 0.5) is 5.69 Å². The van der Waals surface area contributed by atoms with E-state index >= 15 is 0 Å². The second kappa shape index (κ2) is 6.97. The fourth-order valence-electron chi connectivity index (χ4n) is 0.715. The SMILES string of the molecule is C=O.Nc1ccccc1S(=O)(=O)O.[NaH]. The van der Waals surface area contributed by atoms with Gasteiger partial charge in [-0.15, -0.1) is 0 Å². The molecule has 0 heterocycles. The summed E-state index contributed by atoms with van der Waals surface area (Å²) in [5.41, 5.74) is 5.32. The van der Waals surface area contributed by atoms with Crippen LogP contribution < -0.4 is 5.73 Å². The van der Waals surface area contributed by atoms with Gasteiger partial charge in [0.15, 0.2) is 0 Å². The predicted octanol–water partition coefficient (Wildman–Crippen LogP) is -0.318. The number of rotatable bonds is 1. The molecule has 1 aromatic rings. The minimum atomic E-state index is -4.16. The molecule has 1 rings (SSSR count). The van der Waals surface area contributed by atoms with Gasteiger partial charge in [0.2, 0.25) is 0 Å². The maximum absolute atomic E-state index is 10.5. The third-order valence-electron chi connectivity index (χ3n) is 1.20. The first kappa shape index (κ1) is 16.0. The summed E-state index contributed by atoms with van der Waals surface area (Å²) in [6, 6.07) is 5.72. The second-order valence-electron chi connectivity index (χ2n) is 2.01. The number of hydrogen-bond acceptors (Lipinski definition) is 4. The van der Waals surface area contributed by atoms with Gasteiger partial charge in [0.25, 0.3) is 10.1 Å². The molecule has 74 valence electrons. The average molecular weight is 227 g/mol. The van der Waals surface area contributed by atoms with Gasteiger partial charge in [-0.1, -0.05) is 12.1 Å². The van der Waals surface area contributed by atoms with E-state index in [1.54, 1.807) is 6.07 Å². The number of para-hydroxylation sites is 1. The molecule has 14 heavy (non-hydrogen) atoms. The van der Waals surface area contributed by atoms with Crippen LogP contribution >= 0.6 is 0 Å². The molecule has 0 aliphatic rings. The summed E-state index contributed by atoms with van der Waals surface area (Å²) in [5, 5.41) is 0. The van der Waals surface area contributed by atoms with Gasteiger partial charge >= 0.3 is 29.6 Å². The van der Waals surface area contributed by atoms with Crippen LogP contribution in [0.25, 0.3) is 0 Å². The fraction of sp³-hybridized carbons (Fsp3) is 0. The van der Waals surface area contributed by atoms with Gasteiger partial charge in [0, 0.05) is 0 Å². The second-order valence-corrected chi connectivity index (χ2v) is 3.40. The Labute approximate surface area is 104 Å². The van der Waals surface area contributed by atoms with Crippen molar-refractivity contribution in [2.45, 2.75) is 4.90 Å². The maximum atomic E-state index is 10.5. The topological polar surface area (TPSA) is 97.5 Å². The molecule has 3 N–H and O–H groups in total. The Hall–Kier alpha value is -0.400. The number of anilines is 1. The van der Waals surface area contributed by atoms with E-state index in [2.05, 4.69) is 0 Å².